The van der Waals surface area contributed by atoms with Gasteiger partial charge in [-0.3, -0.25) is 14.9 Å². The Bertz CT molecular complexity index is 434. The first kappa shape index (κ1) is 13.1. The molecule has 0 heterocycles. The van der Waals surface area contributed by atoms with Crippen LogP contribution in [0.15, 0.2) is 24.3 Å². The van der Waals surface area contributed by atoms with Crippen LogP contribution in [0.4, 0.5) is 5.69 Å². The number of carbonyl (C=O) groups is 1. The van der Waals surface area contributed by atoms with Crippen LogP contribution in [-0.2, 0) is 9.53 Å². The SMILES string of the molecule is COC(=O)[C@@H](N)[C@H](O)c1cccc([N+](=O)[O-])c1. The van der Waals surface area contributed by atoms with E-state index in [4.69, 9.17) is 5.73 Å². The van der Waals surface area contributed by atoms with E-state index in [0.717, 1.165) is 13.2 Å². The summed E-state index contributed by atoms with van der Waals surface area (Å²) in [6.07, 6.45) is -1.35. The fourth-order valence-corrected chi connectivity index (χ4v) is 1.29. The van der Waals surface area contributed by atoms with E-state index in [1.165, 1.54) is 18.2 Å². The van der Waals surface area contributed by atoms with E-state index in [0.29, 0.717) is 0 Å². The molecule has 0 amide bonds. The van der Waals surface area contributed by atoms with Crippen molar-refractivity contribution < 1.29 is 19.6 Å². The quantitative estimate of drug-likeness (QED) is 0.439. The number of rotatable bonds is 4. The molecule has 1 rings (SSSR count). The fraction of sp³-hybridized carbons (Fsp3) is 0.300. The van der Waals surface area contributed by atoms with Gasteiger partial charge in [-0.2, -0.15) is 0 Å². The Morgan fingerprint density at radius 1 is 1.59 bits per heavy atom. The Hall–Kier alpha value is -1.99. The summed E-state index contributed by atoms with van der Waals surface area (Å²) in [5, 5.41) is 20.3. The zero-order valence-corrected chi connectivity index (χ0v) is 9.07. The second-order valence-electron chi connectivity index (χ2n) is 3.35. The second-order valence-corrected chi connectivity index (χ2v) is 3.35. The van der Waals surface area contributed by atoms with Crippen LogP contribution in [-0.4, -0.2) is 29.2 Å². The van der Waals surface area contributed by atoms with Crippen LogP contribution in [0.1, 0.15) is 11.7 Å². The monoisotopic (exact) mass is 240 g/mol. The van der Waals surface area contributed by atoms with Gasteiger partial charge in [0.15, 0.2) is 0 Å². The first-order valence-electron chi connectivity index (χ1n) is 4.73. The average molecular weight is 240 g/mol. The van der Waals surface area contributed by atoms with E-state index in [-0.39, 0.29) is 11.3 Å². The number of benzene rings is 1. The molecular formula is C10H12N2O5. The van der Waals surface area contributed by atoms with Crippen molar-refractivity contribution in [1.82, 2.24) is 0 Å². The number of carbonyl (C=O) groups excluding carboxylic acids is 1. The number of aliphatic hydroxyl groups is 1. The molecule has 0 aliphatic rings. The van der Waals surface area contributed by atoms with Crippen LogP contribution in [0.3, 0.4) is 0 Å². The summed E-state index contributed by atoms with van der Waals surface area (Å²) in [5.41, 5.74) is 5.44. The molecule has 0 saturated heterocycles. The average Bonchev–Trinajstić information content (AvgIpc) is 2.36. The van der Waals surface area contributed by atoms with E-state index in [9.17, 15) is 20.0 Å². The lowest BCUT2D eigenvalue weighted by Gasteiger charge is -2.16. The maximum atomic E-state index is 11.1. The highest BCUT2D eigenvalue weighted by Gasteiger charge is 2.25. The Kier molecular flexibility index (Phi) is 4.13. The molecule has 0 aliphatic heterocycles. The van der Waals surface area contributed by atoms with Crippen LogP contribution >= 0.6 is 0 Å². The van der Waals surface area contributed by atoms with Crippen molar-refractivity contribution in [2.24, 2.45) is 5.73 Å². The minimum absolute atomic E-state index is 0.182. The van der Waals surface area contributed by atoms with Gasteiger partial charge in [0.05, 0.1) is 12.0 Å². The topological polar surface area (TPSA) is 116 Å². The number of nitrogens with two attached hydrogens (primary N) is 1. The Morgan fingerprint density at radius 2 is 2.24 bits per heavy atom. The second kappa shape index (κ2) is 5.37. The van der Waals surface area contributed by atoms with Crippen LogP contribution in [0.25, 0.3) is 0 Å². The highest BCUT2D eigenvalue weighted by atomic mass is 16.6. The molecule has 0 bridgehead atoms. The zero-order valence-electron chi connectivity index (χ0n) is 9.07. The van der Waals surface area contributed by atoms with Crippen LogP contribution < -0.4 is 5.73 Å². The summed E-state index contributed by atoms with van der Waals surface area (Å²) < 4.78 is 4.37. The molecule has 0 saturated carbocycles. The van der Waals surface area contributed by atoms with Gasteiger partial charge >= 0.3 is 5.97 Å². The van der Waals surface area contributed by atoms with E-state index >= 15 is 0 Å². The van der Waals surface area contributed by atoms with Gasteiger partial charge in [0.1, 0.15) is 12.1 Å². The maximum absolute atomic E-state index is 11.1. The molecule has 0 aliphatic carbocycles. The van der Waals surface area contributed by atoms with Crippen LogP contribution in [0, 0.1) is 10.1 Å². The molecule has 7 heteroatoms. The molecule has 1 aromatic carbocycles. The summed E-state index contributed by atoms with van der Waals surface area (Å²) in [6.45, 7) is 0. The van der Waals surface area contributed by atoms with Gasteiger partial charge in [0.2, 0.25) is 0 Å². The van der Waals surface area contributed by atoms with Gasteiger partial charge in [0.25, 0.3) is 5.69 Å². The lowest BCUT2D eigenvalue weighted by molar-refractivity contribution is -0.385. The van der Waals surface area contributed by atoms with E-state index in [2.05, 4.69) is 4.74 Å². The molecule has 1 aromatic rings. The third-order valence-corrected chi connectivity index (χ3v) is 2.24. The largest absolute Gasteiger partial charge is 0.468 e. The van der Waals surface area contributed by atoms with Gasteiger partial charge in [-0.25, -0.2) is 0 Å². The molecule has 92 valence electrons. The number of nitro benzene ring substituents is 1. The number of ether oxygens (including phenoxy) is 1. The highest BCUT2D eigenvalue weighted by molar-refractivity contribution is 5.76. The summed E-state index contributed by atoms with van der Waals surface area (Å²) in [7, 11) is 1.14. The van der Waals surface area contributed by atoms with Crippen molar-refractivity contribution >= 4 is 11.7 Å². The highest BCUT2D eigenvalue weighted by Crippen LogP contribution is 2.21. The van der Waals surface area contributed by atoms with Crippen molar-refractivity contribution in [2.45, 2.75) is 12.1 Å². The minimum Gasteiger partial charge on any atom is -0.468 e. The third kappa shape index (κ3) is 2.99. The van der Waals surface area contributed by atoms with Gasteiger partial charge in [-0.1, -0.05) is 12.1 Å². The molecule has 0 aromatic heterocycles. The van der Waals surface area contributed by atoms with Gasteiger partial charge in [0, 0.05) is 12.1 Å². The molecule has 0 radical (unpaired) electrons. The normalized spacial score (nSPS) is 13.8. The number of aliphatic hydroxyl groups excluding tert-OH is 1. The number of methoxy groups -OCH3 is 1. The first-order chi connectivity index (χ1) is 7.97. The summed E-state index contributed by atoms with van der Waals surface area (Å²) in [4.78, 5) is 21.0. The molecule has 0 unspecified atom stereocenters. The Labute approximate surface area is 97.0 Å². The van der Waals surface area contributed by atoms with E-state index in [1.807, 2.05) is 0 Å². The first-order valence-corrected chi connectivity index (χ1v) is 4.73. The summed E-state index contributed by atoms with van der Waals surface area (Å²) >= 11 is 0. The molecule has 7 nitrogen and oxygen atoms in total. The van der Waals surface area contributed by atoms with Crippen molar-refractivity contribution in [1.29, 1.82) is 0 Å². The third-order valence-electron chi connectivity index (χ3n) is 2.24. The molecule has 2 atom stereocenters. The molecule has 3 N–H and O–H groups in total. The predicted octanol–water partition coefficient (Wildman–Crippen LogP) is 0.128. The molecule has 0 spiro atoms. The van der Waals surface area contributed by atoms with Crippen molar-refractivity contribution in [3.8, 4) is 0 Å². The lowest BCUT2D eigenvalue weighted by atomic mass is 10.0. The number of nitrogens with zero attached hydrogens (tertiary/aromatic N) is 1. The van der Waals surface area contributed by atoms with Crippen molar-refractivity contribution in [3.05, 3.63) is 39.9 Å². The van der Waals surface area contributed by atoms with Crippen LogP contribution in [0.2, 0.25) is 0 Å². The molecule has 0 fully saturated rings. The minimum atomic E-state index is -1.35. The number of nitro groups is 1. The molecular weight excluding hydrogens is 228 g/mol. The lowest BCUT2D eigenvalue weighted by Crippen LogP contribution is -2.37. The maximum Gasteiger partial charge on any atom is 0.325 e. The number of hydrogen-bond acceptors (Lipinski definition) is 6. The van der Waals surface area contributed by atoms with Gasteiger partial charge < -0.3 is 15.6 Å². The summed E-state index contributed by atoms with van der Waals surface area (Å²) in [6, 6.07) is 4.01. The number of hydrogen-bond donors (Lipinski definition) is 2. The molecule has 17 heavy (non-hydrogen) atoms. The van der Waals surface area contributed by atoms with Crippen LogP contribution in [0.5, 0.6) is 0 Å². The Morgan fingerprint density at radius 3 is 2.76 bits per heavy atom. The van der Waals surface area contributed by atoms with E-state index in [1.54, 1.807) is 0 Å². The van der Waals surface area contributed by atoms with E-state index < -0.39 is 23.0 Å². The number of esters is 1. The fourth-order valence-electron chi connectivity index (χ4n) is 1.29. The summed E-state index contributed by atoms with van der Waals surface area (Å²) in [5.74, 6) is -0.788. The predicted molar refractivity (Wildman–Crippen MR) is 58.0 cm³/mol. The van der Waals surface area contributed by atoms with Gasteiger partial charge in [-0.05, 0) is 5.56 Å². The number of non-ortho nitro benzene ring substituents is 1. The Balaban J connectivity index is 2.96. The van der Waals surface area contributed by atoms with Crippen molar-refractivity contribution in [2.75, 3.05) is 7.11 Å². The smallest absolute Gasteiger partial charge is 0.325 e. The van der Waals surface area contributed by atoms with Crippen molar-refractivity contribution in [3.63, 3.8) is 0 Å². The zero-order chi connectivity index (χ0) is 13.0. The standard InChI is InChI=1S/C10H12N2O5/c1-17-10(14)8(11)9(13)6-3-2-4-7(5-6)12(15)16/h2-5,8-9,13H,11H2,1H3/t8-,9+/m0/s1. The van der Waals surface area contributed by atoms with Gasteiger partial charge in [-0.15, -0.1) is 0 Å².